The van der Waals surface area contributed by atoms with E-state index in [4.69, 9.17) is 40.5 Å². The molecule has 0 heterocycles. The molecule has 0 aliphatic carbocycles. The third-order valence-corrected chi connectivity index (χ3v) is 3.72. The second-order valence-corrected chi connectivity index (χ2v) is 5.47. The molecule has 0 saturated heterocycles. The molecule has 2 nitrogen and oxygen atoms in total. The first-order valence-electron chi connectivity index (χ1n) is 5.88. The van der Waals surface area contributed by atoms with Gasteiger partial charge in [0.2, 0.25) is 0 Å². The normalized spacial score (nSPS) is 12.2. The highest BCUT2D eigenvalue weighted by Crippen LogP contribution is 2.31. The lowest BCUT2D eigenvalue weighted by Gasteiger charge is -2.20. The summed E-state index contributed by atoms with van der Waals surface area (Å²) in [6.45, 7) is 0.272. The molecule has 1 atom stereocenters. The van der Waals surface area contributed by atoms with Crippen LogP contribution in [0.3, 0.4) is 0 Å². The molecule has 0 aromatic heterocycles. The van der Waals surface area contributed by atoms with Gasteiger partial charge < -0.3 is 11.1 Å². The van der Waals surface area contributed by atoms with Crippen molar-refractivity contribution in [3.8, 4) is 0 Å². The Morgan fingerprint density at radius 1 is 1.05 bits per heavy atom. The maximum absolute atomic E-state index is 13.3. The van der Waals surface area contributed by atoms with Crippen molar-refractivity contribution in [3.05, 3.63) is 62.8 Å². The highest BCUT2D eigenvalue weighted by molar-refractivity contribution is 6.35. The Hall–Kier alpha value is -1.000. The lowest BCUT2D eigenvalue weighted by molar-refractivity contribution is 0.627. The zero-order valence-corrected chi connectivity index (χ0v) is 12.6. The van der Waals surface area contributed by atoms with E-state index in [1.54, 1.807) is 18.2 Å². The quantitative estimate of drug-likeness (QED) is 0.835. The van der Waals surface area contributed by atoms with Crippen LogP contribution in [0.15, 0.2) is 36.4 Å². The van der Waals surface area contributed by atoms with Gasteiger partial charge in [-0.1, -0.05) is 40.9 Å². The molecule has 0 bridgehead atoms. The largest absolute Gasteiger partial charge is 0.376 e. The minimum atomic E-state index is -0.380. The van der Waals surface area contributed by atoms with Gasteiger partial charge in [-0.15, -0.1) is 0 Å². The monoisotopic (exact) mass is 332 g/mol. The minimum absolute atomic E-state index is 0.272. The zero-order valence-electron chi connectivity index (χ0n) is 10.3. The second kappa shape index (κ2) is 6.64. The van der Waals surface area contributed by atoms with Crippen LogP contribution in [0.4, 0.5) is 10.1 Å². The van der Waals surface area contributed by atoms with Gasteiger partial charge in [0.15, 0.2) is 0 Å². The van der Waals surface area contributed by atoms with E-state index in [0.29, 0.717) is 20.8 Å². The van der Waals surface area contributed by atoms with Crippen molar-refractivity contribution >= 4 is 40.5 Å². The van der Waals surface area contributed by atoms with Crippen LogP contribution in [0.5, 0.6) is 0 Å². The summed E-state index contributed by atoms with van der Waals surface area (Å²) in [4.78, 5) is 0. The molecule has 2 aromatic carbocycles. The van der Waals surface area contributed by atoms with Gasteiger partial charge in [0.05, 0.1) is 16.8 Å². The van der Waals surface area contributed by atoms with Crippen molar-refractivity contribution in [1.29, 1.82) is 0 Å². The number of anilines is 1. The Morgan fingerprint density at radius 2 is 1.80 bits per heavy atom. The van der Waals surface area contributed by atoms with Crippen LogP contribution in [-0.4, -0.2) is 6.54 Å². The first-order chi connectivity index (χ1) is 9.51. The van der Waals surface area contributed by atoms with Crippen LogP contribution in [0.1, 0.15) is 11.6 Å². The van der Waals surface area contributed by atoms with E-state index in [-0.39, 0.29) is 18.4 Å². The first kappa shape index (κ1) is 15.4. The van der Waals surface area contributed by atoms with Crippen molar-refractivity contribution in [2.75, 3.05) is 11.9 Å². The molecule has 0 radical (unpaired) electrons. The molecule has 0 spiro atoms. The molecule has 3 N–H and O–H groups in total. The van der Waals surface area contributed by atoms with Crippen LogP contribution >= 0.6 is 34.8 Å². The SMILES string of the molecule is NCC(Nc1cc(F)ccc1Cl)c1ccc(Cl)cc1Cl. The standard InChI is InChI=1S/C14H12Cl3FN2/c15-8-1-3-10(12(17)5-8)14(7-19)20-13-6-9(18)2-4-11(13)16/h1-6,14,20H,7,19H2. The topological polar surface area (TPSA) is 38.0 Å². The fourth-order valence-electron chi connectivity index (χ4n) is 1.84. The summed E-state index contributed by atoms with van der Waals surface area (Å²) in [5, 5.41) is 4.54. The minimum Gasteiger partial charge on any atom is -0.376 e. The molecular formula is C14H12Cl3FN2. The number of halogens is 4. The number of hydrogen-bond acceptors (Lipinski definition) is 2. The van der Waals surface area contributed by atoms with E-state index >= 15 is 0 Å². The summed E-state index contributed by atoms with van der Waals surface area (Å²) >= 11 is 18.0. The lowest BCUT2D eigenvalue weighted by atomic mass is 10.1. The van der Waals surface area contributed by atoms with Gasteiger partial charge in [-0.2, -0.15) is 0 Å². The van der Waals surface area contributed by atoms with Crippen LogP contribution in [-0.2, 0) is 0 Å². The van der Waals surface area contributed by atoms with Crippen molar-refractivity contribution in [1.82, 2.24) is 0 Å². The van der Waals surface area contributed by atoms with Crippen molar-refractivity contribution in [2.24, 2.45) is 5.73 Å². The molecular weight excluding hydrogens is 322 g/mol. The van der Waals surface area contributed by atoms with Crippen LogP contribution in [0.2, 0.25) is 15.1 Å². The van der Waals surface area contributed by atoms with Crippen LogP contribution < -0.4 is 11.1 Å². The predicted molar refractivity (Wildman–Crippen MR) is 83.3 cm³/mol. The molecule has 106 valence electrons. The molecule has 0 aliphatic rings. The Bertz CT molecular complexity index is 619. The molecule has 0 saturated carbocycles. The van der Waals surface area contributed by atoms with Gasteiger partial charge in [-0.05, 0) is 35.9 Å². The van der Waals surface area contributed by atoms with E-state index in [1.807, 2.05) is 0 Å². The summed E-state index contributed by atoms with van der Waals surface area (Å²) < 4.78 is 13.3. The maximum atomic E-state index is 13.3. The van der Waals surface area contributed by atoms with E-state index < -0.39 is 0 Å². The van der Waals surface area contributed by atoms with Gasteiger partial charge in [0.25, 0.3) is 0 Å². The number of hydrogen-bond donors (Lipinski definition) is 2. The highest BCUT2D eigenvalue weighted by atomic mass is 35.5. The second-order valence-electron chi connectivity index (χ2n) is 4.22. The Morgan fingerprint density at radius 3 is 2.45 bits per heavy atom. The molecule has 0 aliphatic heterocycles. The van der Waals surface area contributed by atoms with Crippen LogP contribution in [0.25, 0.3) is 0 Å². The van der Waals surface area contributed by atoms with Gasteiger partial charge in [-0.3, -0.25) is 0 Å². The van der Waals surface area contributed by atoms with E-state index in [9.17, 15) is 4.39 Å². The van der Waals surface area contributed by atoms with E-state index in [1.165, 1.54) is 18.2 Å². The first-order valence-corrected chi connectivity index (χ1v) is 7.01. The smallest absolute Gasteiger partial charge is 0.125 e. The number of rotatable bonds is 4. The molecule has 20 heavy (non-hydrogen) atoms. The van der Waals surface area contributed by atoms with Gasteiger partial charge in [0.1, 0.15) is 5.82 Å². The fraction of sp³-hybridized carbons (Fsp3) is 0.143. The van der Waals surface area contributed by atoms with Crippen molar-refractivity contribution < 1.29 is 4.39 Å². The molecule has 2 aromatic rings. The Balaban J connectivity index is 2.31. The summed E-state index contributed by atoms with van der Waals surface area (Å²) in [5.74, 6) is -0.380. The summed E-state index contributed by atoms with van der Waals surface area (Å²) in [7, 11) is 0. The average Bonchev–Trinajstić information content (AvgIpc) is 2.40. The van der Waals surface area contributed by atoms with Gasteiger partial charge in [0, 0.05) is 16.6 Å². The highest BCUT2D eigenvalue weighted by Gasteiger charge is 2.15. The Labute approximate surface area is 131 Å². The molecule has 2 rings (SSSR count). The number of nitrogens with two attached hydrogens (primary N) is 1. The molecule has 0 fully saturated rings. The van der Waals surface area contributed by atoms with E-state index in [0.717, 1.165) is 5.56 Å². The van der Waals surface area contributed by atoms with Gasteiger partial charge in [-0.25, -0.2) is 4.39 Å². The summed E-state index contributed by atoms with van der Waals surface area (Å²) in [6.07, 6.45) is 0. The lowest BCUT2D eigenvalue weighted by Crippen LogP contribution is -2.21. The summed E-state index contributed by atoms with van der Waals surface area (Å²) in [5.41, 5.74) is 7.00. The third kappa shape index (κ3) is 3.55. The van der Waals surface area contributed by atoms with E-state index in [2.05, 4.69) is 5.32 Å². The summed E-state index contributed by atoms with van der Waals surface area (Å²) in [6, 6.07) is 8.93. The number of benzene rings is 2. The molecule has 0 amide bonds. The van der Waals surface area contributed by atoms with Gasteiger partial charge >= 0.3 is 0 Å². The van der Waals surface area contributed by atoms with Crippen LogP contribution in [0, 0.1) is 5.82 Å². The predicted octanol–water partition coefficient (Wildman–Crippen LogP) is 4.90. The average molecular weight is 334 g/mol. The maximum Gasteiger partial charge on any atom is 0.125 e. The fourth-order valence-corrected chi connectivity index (χ4v) is 2.56. The number of nitrogens with one attached hydrogen (secondary N) is 1. The molecule has 6 heteroatoms. The van der Waals surface area contributed by atoms with Crippen molar-refractivity contribution in [3.63, 3.8) is 0 Å². The van der Waals surface area contributed by atoms with Crippen molar-refractivity contribution in [2.45, 2.75) is 6.04 Å². The zero-order chi connectivity index (χ0) is 14.7. The molecule has 1 unspecified atom stereocenters. The third-order valence-electron chi connectivity index (χ3n) is 2.83. The Kier molecular flexibility index (Phi) is 5.11.